The van der Waals surface area contributed by atoms with E-state index >= 15 is 0 Å². The van der Waals surface area contributed by atoms with Crippen molar-refractivity contribution in [3.8, 4) is 0 Å². The fourth-order valence-corrected chi connectivity index (χ4v) is 2.17. The van der Waals surface area contributed by atoms with Gasteiger partial charge in [0, 0.05) is 27.6 Å². The summed E-state index contributed by atoms with van der Waals surface area (Å²) in [6.07, 6.45) is 0. The Labute approximate surface area is 112 Å². The molecule has 1 N–H and O–H groups in total. The van der Waals surface area contributed by atoms with Gasteiger partial charge in [0.2, 0.25) is 0 Å². The highest BCUT2D eigenvalue weighted by atomic mass is 35.5. The van der Waals surface area contributed by atoms with E-state index in [0.717, 1.165) is 5.75 Å². The van der Waals surface area contributed by atoms with Crippen molar-refractivity contribution in [3.05, 3.63) is 34.9 Å². The molecule has 0 aliphatic heterocycles. The predicted molar refractivity (Wildman–Crippen MR) is 76.0 cm³/mol. The number of thioether (sulfide) groups is 1. The van der Waals surface area contributed by atoms with Gasteiger partial charge in [-0.05, 0) is 24.3 Å². The summed E-state index contributed by atoms with van der Waals surface area (Å²) in [5.74, 6) is 0.874. The van der Waals surface area contributed by atoms with E-state index < -0.39 is 0 Å². The minimum Gasteiger partial charge on any atom is -0.351 e. The lowest BCUT2D eigenvalue weighted by Gasteiger charge is -2.17. The third-order valence-corrected chi connectivity index (χ3v) is 3.56. The summed E-state index contributed by atoms with van der Waals surface area (Å²) in [5.41, 5.74) is 0.648. The number of hydrogen-bond acceptors (Lipinski definition) is 2. The summed E-state index contributed by atoms with van der Waals surface area (Å²) >= 11 is 7.60. The number of amides is 1. The number of benzene rings is 1. The van der Waals surface area contributed by atoms with Crippen molar-refractivity contribution < 1.29 is 4.79 Å². The number of halogens is 1. The van der Waals surface area contributed by atoms with E-state index in [9.17, 15) is 4.79 Å². The molecule has 4 heteroatoms. The molecule has 0 spiro atoms. The van der Waals surface area contributed by atoms with E-state index in [0.29, 0.717) is 17.1 Å². The van der Waals surface area contributed by atoms with Crippen LogP contribution in [0.25, 0.3) is 0 Å². The van der Waals surface area contributed by atoms with Gasteiger partial charge in [-0.3, -0.25) is 4.79 Å². The Hall–Kier alpha value is -0.670. The van der Waals surface area contributed by atoms with Crippen molar-refractivity contribution in [3.63, 3.8) is 0 Å². The first-order valence-electron chi connectivity index (χ1n) is 5.56. The molecular formula is C13H18ClNOS. The van der Waals surface area contributed by atoms with E-state index in [1.54, 1.807) is 24.3 Å². The van der Waals surface area contributed by atoms with E-state index in [4.69, 9.17) is 11.6 Å². The maximum absolute atomic E-state index is 11.7. The average Bonchev–Trinajstić information content (AvgIpc) is 2.24. The third-order valence-electron chi connectivity index (χ3n) is 2.03. The highest BCUT2D eigenvalue weighted by molar-refractivity contribution is 8.00. The lowest BCUT2D eigenvalue weighted by molar-refractivity contribution is 0.0956. The first-order chi connectivity index (χ1) is 7.88. The van der Waals surface area contributed by atoms with E-state index in [2.05, 4.69) is 26.1 Å². The molecule has 0 radical (unpaired) electrons. The molecule has 0 aliphatic rings. The van der Waals surface area contributed by atoms with Crippen LogP contribution in [0.15, 0.2) is 24.3 Å². The molecule has 0 saturated carbocycles. The molecule has 1 rings (SSSR count). The third kappa shape index (κ3) is 5.99. The topological polar surface area (TPSA) is 29.1 Å². The second kappa shape index (κ2) is 6.31. The zero-order valence-electron chi connectivity index (χ0n) is 10.4. The van der Waals surface area contributed by atoms with Crippen molar-refractivity contribution >= 4 is 29.3 Å². The SMILES string of the molecule is CC(C)(C)SCCNC(=O)c1ccc(Cl)cc1. The van der Waals surface area contributed by atoms with Gasteiger partial charge in [0.15, 0.2) is 0 Å². The van der Waals surface area contributed by atoms with Crippen LogP contribution in [0.5, 0.6) is 0 Å². The average molecular weight is 272 g/mol. The van der Waals surface area contributed by atoms with Gasteiger partial charge in [-0.15, -0.1) is 0 Å². The Kier molecular flexibility index (Phi) is 5.34. The lowest BCUT2D eigenvalue weighted by atomic mass is 10.2. The monoisotopic (exact) mass is 271 g/mol. The molecule has 0 fully saturated rings. The Morgan fingerprint density at radius 2 is 1.88 bits per heavy atom. The summed E-state index contributed by atoms with van der Waals surface area (Å²) in [6.45, 7) is 7.18. The standard InChI is InChI=1S/C13H18ClNOS/c1-13(2,3)17-9-8-15-12(16)10-4-6-11(14)7-5-10/h4-7H,8-9H2,1-3H3,(H,15,16). The number of carbonyl (C=O) groups is 1. The molecule has 94 valence electrons. The molecule has 0 bridgehead atoms. The van der Waals surface area contributed by atoms with Gasteiger partial charge in [0.05, 0.1) is 0 Å². The van der Waals surface area contributed by atoms with Crippen molar-refractivity contribution in [2.75, 3.05) is 12.3 Å². The Morgan fingerprint density at radius 1 is 1.29 bits per heavy atom. The van der Waals surface area contributed by atoms with Crippen LogP contribution in [0, 0.1) is 0 Å². The van der Waals surface area contributed by atoms with E-state index in [-0.39, 0.29) is 10.7 Å². The van der Waals surface area contributed by atoms with Gasteiger partial charge in [0.25, 0.3) is 5.91 Å². The molecular weight excluding hydrogens is 254 g/mol. The molecule has 0 heterocycles. The highest BCUT2D eigenvalue weighted by Crippen LogP contribution is 2.22. The summed E-state index contributed by atoms with van der Waals surface area (Å²) < 4.78 is 0.241. The van der Waals surface area contributed by atoms with Crippen LogP contribution < -0.4 is 5.32 Å². The van der Waals surface area contributed by atoms with Gasteiger partial charge in [-0.25, -0.2) is 0 Å². The Balaban J connectivity index is 2.33. The molecule has 0 atom stereocenters. The van der Waals surface area contributed by atoms with Crippen molar-refractivity contribution in [1.29, 1.82) is 0 Å². The van der Waals surface area contributed by atoms with Crippen LogP contribution in [-0.4, -0.2) is 23.0 Å². The molecule has 1 amide bonds. The van der Waals surface area contributed by atoms with Gasteiger partial charge in [-0.1, -0.05) is 32.4 Å². The first-order valence-corrected chi connectivity index (χ1v) is 6.92. The summed E-state index contributed by atoms with van der Waals surface area (Å²) in [6, 6.07) is 6.91. The maximum atomic E-state index is 11.7. The minimum atomic E-state index is -0.0452. The fourth-order valence-electron chi connectivity index (χ4n) is 1.23. The van der Waals surface area contributed by atoms with Gasteiger partial charge < -0.3 is 5.32 Å². The lowest BCUT2D eigenvalue weighted by Crippen LogP contribution is -2.26. The van der Waals surface area contributed by atoms with Crippen LogP contribution in [0.2, 0.25) is 5.02 Å². The zero-order valence-corrected chi connectivity index (χ0v) is 12.0. The second-order valence-electron chi connectivity index (χ2n) is 4.72. The molecule has 0 aliphatic carbocycles. The second-order valence-corrected chi connectivity index (χ2v) is 7.08. The molecule has 0 saturated heterocycles. The van der Waals surface area contributed by atoms with Crippen LogP contribution in [-0.2, 0) is 0 Å². The summed E-state index contributed by atoms with van der Waals surface area (Å²) in [5, 5.41) is 3.53. The predicted octanol–water partition coefficient (Wildman–Crippen LogP) is 3.60. The van der Waals surface area contributed by atoms with Crippen LogP contribution in [0.3, 0.4) is 0 Å². The largest absolute Gasteiger partial charge is 0.351 e. The maximum Gasteiger partial charge on any atom is 0.251 e. The van der Waals surface area contributed by atoms with Gasteiger partial charge in [0.1, 0.15) is 0 Å². The smallest absolute Gasteiger partial charge is 0.251 e. The number of nitrogens with one attached hydrogen (secondary N) is 1. The quantitative estimate of drug-likeness (QED) is 0.848. The molecule has 1 aromatic carbocycles. The van der Waals surface area contributed by atoms with E-state index in [1.807, 2.05) is 11.8 Å². The summed E-state index contributed by atoms with van der Waals surface area (Å²) in [4.78, 5) is 11.7. The molecule has 0 aromatic heterocycles. The normalized spacial score (nSPS) is 11.3. The minimum absolute atomic E-state index is 0.0452. The first kappa shape index (κ1) is 14.4. The number of carbonyl (C=O) groups excluding carboxylic acids is 1. The van der Waals surface area contributed by atoms with Gasteiger partial charge in [-0.2, -0.15) is 11.8 Å². The molecule has 1 aromatic rings. The van der Waals surface area contributed by atoms with Crippen LogP contribution in [0.4, 0.5) is 0 Å². The Bertz CT molecular complexity index is 370. The zero-order chi connectivity index (χ0) is 12.9. The van der Waals surface area contributed by atoms with Crippen LogP contribution >= 0.6 is 23.4 Å². The fraction of sp³-hybridized carbons (Fsp3) is 0.462. The summed E-state index contributed by atoms with van der Waals surface area (Å²) in [7, 11) is 0. The number of rotatable bonds is 4. The molecule has 2 nitrogen and oxygen atoms in total. The highest BCUT2D eigenvalue weighted by Gasteiger charge is 2.10. The van der Waals surface area contributed by atoms with Crippen molar-refractivity contribution in [1.82, 2.24) is 5.32 Å². The van der Waals surface area contributed by atoms with E-state index in [1.165, 1.54) is 0 Å². The van der Waals surface area contributed by atoms with Crippen LogP contribution in [0.1, 0.15) is 31.1 Å². The molecule has 17 heavy (non-hydrogen) atoms. The van der Waals surface area contributed by atoms with Gasteiger partial charge >= 0.3 is 0 Å². The number of hydrogen-bond donors (Lipinski definition) is 1. The van der Waals surface area contributed by atoms with Crippen molar-refractivity contribution in [2.24, 2.45) is 0 Å². The Morgan fingerprint density at radius 3 is 2.41 bits per heavy atom. The van der Waals surface area contributed by atoms with Crippen molar-refractivity contribution in [2.45, 2.75) is 25.5 Å². The molecule has 0 unspecified atom stereocenters.